The maximum Gasteiger partial charge on any atom is 0.149 e. The Morgan fingerprint density at radius 1 is 1.40 bits per heavy atom. The van der Waals surface area contributed by atoms with Crippen molar-refractivity contribution in [3.05, 3.63) is 58.4 Å². The first kappa shape index (κ1) is 17.2. The van der Waals surface area contributed by atoms with Gasteiger partial charge in [0.15, 0.2) is 0 Å². The quantitative estimate of drug-likeness (QED) is 0.574. The van der Waals surface area contributed by atoms with Crippen molar-refractivity contribution in [2.24, 2.45) is 5.73 Å². The van der Waals surface area contributed by atoms with E-state index in [9.17, 15) is 8.78 Å². The maximum atomic E-state index is 14.1. The number of nitrogens with one attached hydrogen (secondary N) is 2. The lowest BCUT2D eigenvalue weighted by atomic mass is 10.1. The maximum absolute atomic E-state index is 14.1. The molecule has 3 rings (SSSR count). The normalized spacial score (nSPS) is 14.0. The first-order valence-electron chi connectivity index (χ1n) is 7.59. The van der Waals surface area contributed by atoms with Gasteiger partial charge in [0, 0.05) is 54.9 Å². The van der Waals surface area contributed by atoms with E-state index in [2.05, 4.69) is 10.3 Å². The van der Waals surface area contributed by atoms with E-state index in [0.717, 1.165) is 18.3 Å². The number of aromatic nitrogens is 1. The molecule has 0 bridgehead atoms. The fraction of sp³-hybridized carbons (Fsp3) is 0.176. The molecular formula is C17H16ClF2N5. The number of anilines is 2. The van der Waals surface area contributed by atoms with Crippen molar-refractivity contribution in [3.8, 4) is 0 Å². The standard InChI is InChI=1S/C17H16ClF2N5/c18-16-12(13(19)1-2-14(16)20)9-25-4-3-23-17-15(25)5-10(8-24-17)11(6-21)7-22/h1-2,5-8,21H,3-4,9,22H2,(H,23,24). The van der Waals surface area contributed by atoms with Crippen LogP contribution < -0.4 is 16.0 Å². The van der Waals surface area contributed by atoms with E-state index in [1.807, 2.05) is 11.0 Å². The minimum Gasteiger partial charge on any atom is -0.404 e. The average molecular weight is 364 g/mol. The van der Waals surface area contributed by atoms with Gasteiger partial charge in [0.05, 0.1) is 10.7 Å². The molecule has 0 spiro atoms. The van der Waals surface area contributed by atoms with E-state index in [1.54, 1.807) is 6.20 Å². The van der Waals surface area contributed by atoms with Crippen LogP contribution in [0.2, 0.25) is 5.02 Å². The van der Waals surface area contributed by atoms with Gasteiger partial charge in [-0.1, -0.05) is 11.6 Å². The molecular weight excluding hydrogens is 348 g/mol. The summed E-state index contributed by atoms with van der Waals surface area (Å²) in [6.45, 7) is 1.28. The van der Waals surface area contributed by atoms with Crippen molar-refractivity contribution in [2.45, 2.75) is 6.54 Å². The number of nitrogens with two attached hydrogens (primary N) is 1. The second-order valence-electron chi connectivity index (χ2n) is 5.53. The zero-order valence-electron chi connectivity index (χ0n) is 13.2. The third kappa shape index (κ3) is 3.28. The predicted molar refractivity (Wildman–Crippen MR) is 96.1 cm³/mol. The number of hydrogen-bond donors (Lipinski definition) is 3. The minimum atomic E-state index is -0.655. The van der Waals surface area contributed by atoms with Crippen molar-refractivity contribution in [1.29, 1.82) is 5.41 Å². The zero-order valence-corrected chi connectivity index (χ0v) is 13.9. The van der Waals surface area contributed by atoms with Gasteiger partial charge in [0.1, 0.15) is 17.5 Å². The molecule has 0 saturated carbocycles. The Morgan fingerprint density at radius 3 is 2.88 bits per heavy atom. The summed E-state index contributed by atoms with van der Waals surface area (Å²) in [4.78, 5) is 6.20. The van der Waals surface area contributed by atoms with Crippen molar-refractivity contribution < 1.29 is 8.78 Å². The third-order valence-electron chi connectivity index (χ3n) is 4.04. The molecule has 1 aromatic heterocycles. The monoisotopic (exact) mass is 363 g/mol. The number of nitrogens with zero attached hydrogens (tertiary/aromatic N) is 2. The number of pyridine rings is 1. The molecule has 0 amide bonds. The second kappa shape index (κ2) is 7.06. The summed E-state index contributed by atoms with van der Waals surface area (Å²) in [6.07, 6.45) is 4.06. The molecule has 5 nitrogen and oxygen atoms in total. The van der Waals surface area contributed by atoms with Crippen LogP contribution in [0.15, 0.2) is 30.6 Å². The van der Waals surface area contributed by atoms with Gasteiger partial charge in [0.25, 0.3) is 0 Å². The second-order valence-corrected chi connectivity index (χ2v) is 5.91. The first-order valence-corrected chi connectivity index (χ1v) is 7.97. The Balaban J connectivity index is 2.00. The SMILES string of the molecule is N=CC(=CN)c1cnc2c(c1)N(Cc1c(F)ccc(F)c1Cl)CCN2. The van der Waals surface area contributed by atoms with Gasteiger partial charge in [-0.25, -0.2) is 13.8 Å². The summed E-state index contributed by atoms with van der Waals surface area (Å²) in [5, 5.41) is 10.4. The van der Waals surface area contributed by atoms with Crippen LogP contribution in [0.4, 0.5) is 20.3 Å². The molecule has 130 valence electrons. The molecule has 1 aliphatic rings. The molecule has 0 atom stereocenters. The molecule has 0 saturated heterocycles. The Morgan fingerprint density at radius 2 is 2.16 bits per heavy atom. The summed E-state index contributed by atoms with van der Waals surface area (Å²) in [7, 11) is 0. The van der Waals surface area contributed by atoms with Crippen LogP contribution in [0.3, 0.4) is 0 Å². The molecule has 25 heavy (non-hydrogen) atoms. The highest BCUT2D eigenvalue weighted by Crippen LogP contribution is 2.33. The molecule has 0 unspecified atom stereocenters. The van der Waals surface area contributed by atoms with E-state index in [4.69, 9.17) is 22.7 Å². The molecule has 0 fully saturated rings. The summed E-state index contributed by atoms with van der Waals surface area (Å²) < 4.78 is 27.8. The van der Waals surface area contributed by atoms with Gasteiger partial charge < -0.3 is 21.4 Å². The van der Waals surface area contributed by atoms with Crippen LogP contribution in [-0.2, 0) is 6.54 Å². The molecule has 8 heteroatoms. The number of benzene rings is 1. The largest absolute Gasteiger partial charge is 0.404 e. The summed E-state index contributed by atoms with van der Waals surface area (Å²) in [6, 6.07) is 3.89. The van der Waals surface area contributed by atoms with Gasteiger partial charge >= 0.3 is 0 Å². The topological polar surface area (TPSA) is 78.0 Å². The molecule has 2 heterocycles. The predicted octanol–water partition coefficient (Wildman–Crippen LogP) is 3.39. The van der Waals surface area contributed by atoms with E-state index >= 15 is 0 Å². The van der Waals surface area contributed by atoms with E-state index in [-0.39, 0.29) is 17.1 Å². The summed E-state index contributed by atoms with van der Waals surface area (Å²) >= 11 is 5.94. The van der Waals surface area contributed by atoms with E-state index in [0.29, 0.717) is 35.7 Å². The Bertz CT molecular complexity index is 853. The van der Waals surface area contributed by atoms with Crippen molar-refractivity contribution in [2.75, 3.05) is 23.3 Å². The number of fused-ring (bicyclic) bond motifs is 1. The number of rotatable bonds is 4. The summed E-state index contributed by atoms with van der Waals surface area (Å²) in [5.74, 6) is -0.584. The average Bonchev–Trinajstić information content (AvgIpc) is 2.63. The molecule has 1 aliphatic heterocycles. The van der Waals surface area contributed by atoms with Crippen molar-refractivity contribution >= 4 is 34.9 Å². The van der Waals surface area contributed by atoms with Gasteiger partial charge in [0.2, 0.25) is 0 Å². The fourth-order valence-corrected chi connectivity index (χ4v) is 2.93. The van der Waals surface area contributed by atoms with Crippen LogP contribution in [0.1, 0.15) is 11.1 Å². The fourth-order valence-electron chi connectivity index (χ4n) is 2.71. The van der Waals surface area contributed by atoms with Gasteiger partial charge in [-0.2, -0.15) is 0 Å². The number of hydrogen-bond acceptors (Lipinski definition) is 5. The van der Waals surface area contributed by atoms with Crippen LogP contribution in [0, 0.1) is 17.0 Å². The van der Waals surface area contributed by atoms with Crippen LogP contribution in [-0.4, -0.2) is 24.3 Å². The number of halogens is 3. The molecule has 1 aromatic carbocycles. The molecule has 4 N–H and O–H groups in total. The Kier molecular flexibility index (Phi) is 4.85. The smallest absolute Gasteiger partial charge is 0.149 e. The van der Waals surface area contributed by atoms with Gasteiger partial charge in [-0.05, 0) is 18.2 Å². The van der Waals surface area contributed by atoms with Crippen LogP contribution in [0.25, 0.3) is 5.57 Å². The van der Waals surface area contributed by atoms with Crippen LogP contribution >= 0.6 is 11.6 Å². The Hall–Kier alpha value is -2.67. The van der Waals surface area contributed by atoms with Gasteiger partial charge in [-0.15, -0.1) is 0 Å². The van der Waals surface area contributed by atoms with Crippen LogP contribution in [0.5, 0.6) is 0 Å². The first-order chi connectivity index (χ1) is 12.0. The third-order valence-corrected chi connectivity index (χ3v) is 4.45. The van der Waals surface area contributed by atoms with E-state index in [1.165, 1.54) is 6.20 Å². The molecule has 2 aromatic rings. The highest BCUT2D eigenvalue weighted by atomic mass is 35.5. The zero-order chi connectivity index (χ0) is 18.0. The highest BCUT2D eigenvalue weighted by Gasteiger charge is 2.22. The lowest BCUT2D eigenvalue weighted by Crippen LogP contribution is -2.34. The van der Waals surface area contributed by atoms with E-state index < -0.39 is 11.6 Å². The van der Waals surface area contributed by atoms with Crippen molar-refractivity contribution in [1.82, 2.24) is 4.98 Å². The van der Waals surface area contributed by atoms with Gasteiger partial charge in [-0.3, -0.25) is 0 Å². The van der Waals surface area contributed by atoms with Crippen molar-refractivity contribution in [3.63, 3.8) is 0 Å². The molecule has 0 radical (unpaired) electrons. The minimum absolute atomic E-state index is 0.0987. The lowest BCUT2D eigenvalue weighted by Gasteiger charge is -2.32. The number of allylic oxidation sites excluding steroid dienone is 1. The highest BCUT2D eigenvalue weighted by molar-refractivity contribution is 6.31. The lowest BCUT2D eigenvalue weighted by molar-refractivity contribution is 0.581. The Labute approximate surface area is 148 Å². The summed E-state index contributed by atoms with van der Waals surface area (Å²) in [5.41, 5.74) is 7.51. The molecule has 0 aliphatic carbocycles.